The van der Waals surface area contributed by atoms with E-state index in [0.717, 1.165) is 49.1 Å². The highest BCUT2D eigenvalue weighted by atomic mass is 16.5. The van der Waals surface area contributed by atoms with Crippen LogP contribution in [0.25, 0.3) is 0 Å². The molecule has 0 saturated carbocycles. The Bertz CT molecular complexity index is 548. The summed E-state index contributed by atoms with van der Waals surface area (Å²) < 4.78 is 11.6. The molecular weight excluding hydrogens is 254 g/mol. The predicted molar refractivity (Wildman–Crippen MR) is 74.5 cm³/mol. The first-order chi connectivity index (χ1) is 9.70. The van der Waals surface area contributed by atoms with Gasteiger partial charge in [0.05, 0.1) is 12.2 Å². The molecule has 3 heterocycles. The van der Waals surface area contributed by atoms with Crippen LogP contribution >= 0.6 is 0 Å². The summed E-state index contributed by atoms with van der Waals surface area (Å²) in [4.78, 5) is 10.7. The molecule has 0 bridgehead atoms. The molecule has 1 aliphatic heterocycles. The Kier molecular flexibility index (Phi) is 3.69. The molecule has 2 aromatic heterocycles. The quantitative estimate of drug-likeness (QED) is 0.855. The number of hydrogen-bond acceptors (Lipinski definition) is 5. The van der Waals surface area contributed by atoms with Gasteiger partial charge in [-0.2, -0.15) is 0 Å². The van der Waals surface area contributed by atoms with Gasteiger partial charge in [-0.3, -0.25) is 9.88 Å². The number of ether oxygens (including phenoxy) is 1. The molecule has 0 N–H and O–H groups in total. The average Bonchev–Trinajstić information content (AvgIpc) is 2.99. The molecule has 1 fully saturated rings. The second kappa shape index (κ2) is 5.63. The maximum absolute atomic E-state index is 5.94. The largest absolute Gasteiger partial charge is 0.489 e. The highest BCUT2D eigenvalue weighted by molar-refractivity contribution is 5.17. The third kappa shape index (κ3) is 2.99. The van der Waals surface area contributed by atoms with E-state index in [-0.39, 0.29) is 6.10 Å². The monoisotopic (exact) mass is 273 g/mol. The van der Waals surface area contributed by atoms with Crippen molar-refractivity contribution in [3.63, 3.8) is 0 Å². The second-order valence-corrected chi connectivity index (χ2v) is 5.20. The predicted octanol–water partition coefficient (Wildman–Crippen LogP) is 2.34. The Morgan fingerprint density at radius 1 is 1.35 bits per heavy atom. The van der Waals surface area contributed by atoms with Crippen molar-refractivity contribution in [2.24, 2.45) is 0 Å². The number of rotatable bonds is 4. The van der Waals surface area contributed by atoms with E-state index in [1.807, 2.05) is 26.0 Å². The summed E-state index contributed by atoms with van der Waals surface area (Å²) in [6.07, 6.45) is 4.76. The number of hydrogen-bond donors (Lipinski definition) is 0. The molecule has 2 aromatic rings. The minimum absolute atomic E-state index is 0.231. The lowest BCUT2D eigenvalue weighted by atomic mass is 10.3. The SMILES string of the molecule is Cc1nc(CN2CC[C@@H](Oc3ccncc3)C2)oc1C. The van der Waals surface area contributed by atoms with Crippen molar-refractivity contribution in [3.8, 4) is 5.75 Å². The van der Waals surface area contributed by atoms with E-state index >= 15 is 0 Å². The molecule has 0 aromatic carbocycles. The number of nitrogens with zero attached hydrogens (tertiary/aromatic N) is 3. The number of aromatic nitrogens is 2. The van der Waals surface area contributed by atoms with Gasteiger partial charge in [-0.1, -0.05) is 0 Å². The lowest BCUT2D eigenvalue weighted by Gasteiger charge is -2.15. The lowest BCUT2D eigenvalue weighted by Crippen LogP contribution is -2.24. The molecule has 3 rings (SSSR count). The molecule has 1 atom stereocenters. The molecular formula is C15H19N3O2. The Morgan fingerprint density at radius 3 is 2.85 bits per heavy atom. The third-order valence-corrected chi connectivity index (χ3v) is 3.61. The van der Waals surface area contributed by atoms with Gasteiger partial charge in [0, 0.05) is 25.5 Å². The molecule has 20 heavy (non-hydrogen) atoms. The topological polar surface area (TPSA) is 51.4 Å². The van der Waals surface area contributed by atoms with Crippen LogP contribution in [-0.4, -0.2) is 34.1 Å². The summed E-state index contributed by atoms with van der Waals surface area (Å²) in [7, 11) is 0. The van der Waals surface area contributed by atoms with Crippen LogP contribution in [0.4, 0.5) is 0 Å². The van der Waals surface area contributed by atoms with Crippen molar-refractivity contribution in [3.05, 3.63) is 41.9 Å². The second-order valence-electron chi connectivity index (χ2n) is 5.20. The molecule has 1 saturated heterocycles. The van der Waals surface area contributed by atoms with Crippen LogP contribution in [0.15, 0.2) is 28.9 Å². The van der Waals surface area contributed by atoms with Crippen molar-refractivity contribution in [2.75, 3.05) is 13.1 Å². The molecule has 0 unspecified atom stereocenters. The standard InChI is InChI=1S/C15H19N3O2/c1-11-12(2)19-15(17-11)10-18-8-5-14(9-18)20-13-3-6-16-7-4-13/h3-4,6-7,14H,5,8-10H2,1-2H3/t14-/m1/s1. The van der Waals surface area contributed by atoms with Crippen LogP contribution in [0, 0.1) is 13.8 Å². The van der Waals surface area contributed by atoms with E-state index < -0.39 is 0 Å². The summed E-state index contributed by atoms with van der Waals surface area (Å²) in [6, 6.07) is 3.78. The maximum atomic E-state index is 5.94. The highest BCUT2D eigenvalue weighted by Gasteiger charge is 2.25. The minimum Gasteiger partial charge on any atom is -0.489 e. The Morgan fingerprint density at radius 2 is 2.15 bits per heavy atom. The molecule has 0 aliphatic carbocycles. The first kappa shape index (κ1) is 13.1. The van der Waals surface area contributed by atoms with Crippen LogP contribution in [0.5, 0.6) is 5.75 Å². The molecule has 0 amide bonds. The van der Waals surface area contributed by atoms with Gasteiger partial charge in [0.25, 0.3) is 0 Å². The molecule has 0 radical (unpaired) electrons. The van der Waals surface area contributed by atoms with Crippen LogP contribution in [0.1, 0.15) is 23.8 Å². The Labute approximate surface area is 118 Å². The van der Waals surface area contributed by atoms with Crippen LogP contribution in [0.2, 0.25) is 0 Å². The molecule has 0 spiro atoms. The summed E-state index contributed by atoms with van der Waals surface area (Å²) in [5, 5.41) is 0. The van der Waals surface area contributed by atoms with Crippen LogP contribution in [0.3, 0.4) is 0 Å². The van der Waals surface area contributed by atoms with Gasteiger partial charge in [0.1, 0.15) is 17.6 Å². The normalized spacial score (nSPS) is 19.4. The number of aryl methyl sites for hydroxylation is 2. The van der Waals surface area contributed by atoms with Gasteiger partial charge in [-0.05, 0) is 32.4 Å². The molecule has 106 valence electrons. The molecule has 1 aliphatic rings. The molecule has 5 heteroatoms. The van der Waals surface area contributed by atoms with E-state index in [9.17, 15) is 0 Å². The van der Waals surface area contributed by atoms with Gasteiger partial charge < -0.3 is 9.15 Å². The van der Waals surface area contributed by atoms with E-state index in [1.165, 1.54) is 0 Å². The zero-order valence-corrected chi connectivity index (χ0v) is 11.9. The van der Waals surface area contributed by atoms with Gasteiger partial charge in [-0.15, -0.1) is 0 Å². The first-order valence-electron chi connectivity index (χ1n) is 6.92. The van der Waals surface area contributed by atoms with Crippen molar-refractivity contribution in [1.82, 2.24) is 14.9 Å². The first-order valence-corrected chi connectivity index (χ1v) is 6.92. The fourth-order valence-electron chi connectivity index (χ4n) is 2.44. The number of oxazole rings is 1. The van der Waals surface area contributed by atoms with Crippen molar-refractivity contribution in [2.45, 2.75) is 32.9 Å². The maximum Gasteiger partial charge on any atom is 0.208 e. The number of pyridine rings is 1. The smallest absolute Gasteiger partial charge is 0.208 e. The minimum atomic E-state index is 0.231. The zero-order valence-electron chi connectivity index (χ0n) is 11.9. The van der Waals surface area contributed by atoms with Crippen LogP contribution < -0.4 is 4.74 Å². The van der Waals surface area contributed by atoms with E-state index in [4.69, 9.17) is 9.15 Å². The zero-order chi connectivity index (χ0) is 13.9. The van der Waals surface area contributed by atoms with E-state index in [2.05, 4.69) is 14.9 Å². The summed E-state index contributed by atoms with van der Waals surface area (Å²) >= 11 is 0. The van der Waals surface area contributed by atoms with Crippen LogP contribution in [-0.2, 0) is 6.54 Å². The average molecular weight is 273 g/mol. The van der Waals surface area contributed by atoms with Gasteiger partial charge >= 0.3 is 0 Å². The highest BCUT2D eigenvalue weighted by Crippen LogP contribution is 2.19. The van der Waals surface area contributed by atoms with Crippen molar-refractivity contribution in [1.29, 1.82) is 0 Å². The summed E-state index contributed by atoms with van der Waals surface area (Å²) in [6.45, 7) is 6.59. The summed E-state index contributed by atoms with van der Waals surface area (Å²) in [5.74, 6) is 2.59. The van der Waals surface area contributed by atoms with Gasteiger partial charge in [0.15, 0.2) is 0 Å². The molecule has 5 nitrogen and oxygen atoms in total. The lowest BCUT2D eigenvalue weighted by molar-refractivity contribution is 0.193. The Balaban J connectivity index is 1.54. The van der Waals surface area contributed by atoms with E-state index in [1.54, 1.807) is 12.4 Å². The number of likely N-dealkylation sites (tertiary alicyclic amines) is 1. The van der Waals surface area contributed by atoms with Crippen molar-refractivity contribution >= 4 is 0 Å². The fourth-order valence-corrected chi connectivity index (χ4v) is 2.44. The van der Waals surface area contributed by atoms with Crippen molar-refractivity contribution < 1.29 is 9.15 Å². The van der Waals surface area contributed by atoms with E-state index in [0.29, 0.717) is 0 Å². The Hall–Kier alpha value is -1.88. The fraction of sp³-hybridized carbons (Fsp3) is 0.467. The van der Waals surface area contributed by atoms with Gasteiger partial charge in [0.2, 0.25) is 5.89 Å². The summed E-state index contributed by atoms with van der Waals surface area (Å²) in [5.41, 5.74) is 0.976. The third-order valence-electron chi connectivity index (χ3n) is 3.61. The van der Waals surface area contributed by atoms with Gasteiger partial charge in [-0.25, -0.2) is 4.98 Å².